The van der Waals surface area contributed by atoms with Gasteiger partial charge in [-0.05, 0) is 54.3 Å². The van der Waals surface area contributed by atoms with Crippen molar-refractivity contribution in [3.8, 4) is 0 Å². The van der Waals surface area contributed by atoms with Gasteiger partial charge in [-0.1, -0.05) is 52.0 Å². The van der Waals surface area contributed by atoms with Gasteiger partial charge in [-0.2, -0.15) is 0 Å². The molecule has 0 saturated carbocycles. The summed E-state index contributed by atoms with van der Waals surface area (Å²) in [5.41, 5.74) is 2.67. The quantitative estimate of drug-likeness (QED) is 0.871. The Morgan fingerprint density at radius 3 is 2.39 bits per heavy atom. The van der Waals surface area contributed by atoms with Gasteiger partial charge < -0.3 is 10.6 Å². The zero-order chi connectivity index (χ0) is 16.9. The maximum Gasteiger partial charge on any atom is 0.220 e. The van der Waals surface area contributed by atoms with Crippen molar-refractivity contribution in [3.05, 3.63) is 35.4 Å². The summed E-state index contributed by atoms with van der Waals surface area (Å²) in [5.74, 6) is 1.34. The lowest BCUT2D eigenvalue weighted by atomic mass is 9.84. The minimum Gasteiger partial charge on any atom is -0.352 e. The second-order valence-electron chi connectivity index (χ2n) is 7.99. The Balaban J connectivity index is 1.77. The van der Waals surface area contributed by atoms with Crippen LogP contribution in [-0.4, -0.2) is 19.0 Å². The van der Waals surface area contributed by atoms with E-state index in [0.717, 1.165) is 13.1 Å². The van der Waals surface area contributed by atoms with Gasteiger partial charge in [0.15, 0.2) is 0 Å². The highest BCUT2D eigenvalue weighted by atomic mass is 16.1. The molecule has 0 aromatic heterocycles. The third kappa shape index (κ3) is 5.65. The second kappa shape index (κ2) is 7.96. The molecule has 1 amide bonds. The van der Waals surface area contributed by atoms with E-state index < -0.39 is 0 Å². The Kier molecular flexibility index (Phi) is 6.23. The molecule has 1 aliphatic heterocycles. The van der Waals surface area contributed by atoms with Crippen LogP contribution in [0.3, 0.4) is 0 Å². The minimum absolute atomic E-state index is 0.173. The Morgan fingerprint density at radius 1 is 1.22 bits per heavy atom. The highest BCUT2D eigenvalue weighted by molar-refractivity contribution is 5.76. The molecule has 1 unspecified atom stereocenters. The van der Waals surface area contributed by atoms with Gasteiger partial charge in [-0.15, -0.1) is 0 Å². The number of amides is 1. The van der Waals surface area contributed by atoms with Crippen LogP contribution in [0.4, 0.5) is 0 Å². The van der Waals surface area contributed by atoms with Crippen LogP contribution in [0.2, 0.25) is 0 Å². The molecule has 3 heteroatoms. The predicted octanol–water partition coefficient (Wildman–Crippen LogP) is 3.63. The lowest BCUT2D eigenvalue weighted by Crippen LogP contribution is -2.33. The summed E-state index contributed by atoms with van der Waals surface area (Å²) in [7, 11) is 0. The van der Waals surface area contributed by atoms with E-state index in [1.807, 2.05) is 0 Å². The summed E-state index contributed by atoms with van der Waals surface area (Å²) in [6, 6.07) is 8.58. The Morgan fingerprint density at radius 2 is 1.83 bits per heavy atom. The van der Waals surface area contributed by atoms with Crippen molar-refractivity contribution in [3.63, 3.8) is 0 Å². The van der Waals surface area contributed by atoms with E-state index >= 15 is 0 Å². The maximum atomic E-state index is 12.2. The van der Waals surface area contributed by atoms with E-state index in [4.69, 9.17) is 0 Å². The fourth-order valence-corrected chi connectivity index (χ4v) is 3.27. The lowest BCUT2D eigenvalue weighted by molar-refractivity contribution is -0.122. The molecule has 1 aliphatic rings. The zero-order valence-electron chi connectivity index (χ0n) is 15.1. The fraction of sp³-hybridized carbons (Fsp3) is 0.650. The first kappa shape index (κ1) is 18.0. The number of benzene rings is 1. The normalized spacial score (nSPS) is 17.7. The van der Waals surface area contributed by atoms with Gasteiger partial charge in [0, 0.05) is 13.0 Å². The molecule has 0 radical (unpaired) electrons. The summed E-state index contributed by atoms with van der Waals surface area (Å²) in [6.45, 7) is 11.7. The molecule has 1 heterocycles. The van der Waals surface area contributed by atoms with Gasteiger partial charge in [0.2, 0.25) is 5.91 Å². The monoisotopic (exact) mass is 316 g/mol. The first-order valence-corrected chi connectivity index (χ1v) is 8.93. The Bertz CT molecular complexity index is 495. The number of carbonyl (C=O) groups excluding carboxylic acids is 1. The fourth-order valence-electron chi connectivity index (χ4n) is 3.27. The van der Waals surface area contributed by atoms with Crippen LogP contribution >= 0.6 is 0 Å². The van der Waals surface area contributed by atoms with Crippen LogP contribution in [0.5, 0.6) is 0 Å². The number of piperidine rings is 1. The molecule has 2 rings (SSSR count). The topological polar surface area (TPSA) is 41.1 Å². The molecule has 1 atom stereocenters. The standard InChI is InChI=1S/C20H32N2O/c1-15(17-9-11-21-12-10-17)13-19(23)22-14-16-5-7-18(8-6-16)20(2,3)4/h5-8,15,17,21H,9-14H2,1-4H3,(H,22,23). The number of rotatable bonds is 5. The summed E-state index contributed by atoms with van der Waals surface area (Å²) in [6.07, 6.45) is 3.04. The average molecular weight is 316 g/mol. The first-order valence-electron chi connectivity index (χ1n) is 8.93. The number of nitrogens with one attached hydrogen (secondary N) is 2. The molecule has 1 saturated heterocycles. The van der Waals surface area contributed by atoms with Gasteiger partial charge in [0.05, 0.1) is 0 Å². The van der Waals surface area contributed by atoms with Crippen LogP contribution in [-0.2, 0) is 16.8 Å². The SMILES string of the molecule is CC(CC(=O)NCc1ccc(C(C)(C)C)cc1)C1CCNCC1. The van der Waals surface area contributed by atoms with E-state index in [2.05, 4.69) is 62.6 Å². The van der Waals surface area contributed by atoms with Crippen LogP contribution in [0.15, 0.2) is 24.3 Å². The third-order valence-electron chi connectivity index (χ3n) is 5.01. The number of carbonyl (C=O) groups is 1. The highest BCUT2D eigenvalue weighted by Gasteiger charge is 2.21. The first-order chi connectivity index (χ1) is 10.9. The molecule has 1 fully saturated rings. The smallest absolute Gasteiger partial charge is 0.220 e. The molecular formula is C20H32N2O. The van der Waals surface area contributed by atoms with Crippen LogP contribution in [0, 0.1) is 11.8 Å². The molecule has 3 nitrogen and oxygen atoms in total. The van der Waals surface area contributed by atoms with E-state index in [0.29, 0.717) is 24.8 Å². The summed E-state index contributed by atoms with van der Waals surface area (Å²) >= 11 is 0. The van der Waals surface area contributed by atoms with Crippen molar-refractivity contribution in [1.82, 2.24) is 10.6 Å². The van der Waals surface area contributed by atoms with E-state index in [9.17, 15) is 4.79 Å². The van der Waals surface area contributed by atoms with Crippen LogP contribution in [0.1, 0.15) is 58.1 Å². The largest absolute Gasteiger partial charge is 0.352 e. The number of hydrogen-bond donors (Lipinski definition) is 2. The average Bonchev–Trinajstić information content (AvgIpc) is 2.53. The minimum atomic E-state index is 0.173. The van der Waals surface area contributed by atoms with Gasteiger partial charge in [-0.25, -0.2) is 0 Å². The molecule has 2 N–H and O–H groups in total. The van der Waals surface area contributed by atoms with E-state index in [1.165, 1.54) is 24.0 Å². The maximum absolute atomic E-state index is 12.2. The Labute approximate surface area is 141 Å². The summed E-state index contributed by atoms with van der Waals surface area (Å²) in [4.78, 5) is 12.2. The van der Waals surface area contributed by atoms with E-state index in [-0.39, 0.29) is 11.3 Å². The van der Waals surface area contributed by atoms with Crippen molar-refractivity contribution < 1.29 is 4.79 Å². The molecule has 1 aromatic rings. The third-order valence-corrected chi connectivity index (χ3v) is 5.01. The molecule has 1 aromatic carbocycles. The molecule has 0 spiro atoms. The molecular weight excluding hydrogens is 284 g/mol. The summed E-state index contributed by atoms with van der Waals surface area (Å²) < 4.78 is 0. The zero-order valence-corrected chi connectivity index (χ0v) is 15.1. The van der Waals surface area contributed by atoms with Gasteiger partial charge in [0.25, 0.3) is 0 Å². The molecule has 23 heavy (non-hydrogen) atoms. The number of hydrogen-bond acceptors (Lipinski definition) is 2. The van der Waals surface area contributed by atoms with Crippen molar-refractivity contribution in [2.24, 2.45) is 11.8 Å². The highest BCUT2D eigenvalue weighted by Crippen LogP contribution is 2.24. The predicted molar refractivity (Wildman–Crippen MR) is 96.4 cm³/mol. The van der Waals surface area contributed by atoms with Crippen molar-refractivity contribution in [1.29, 1.82) is 0 Å². The van der Waals surface area contributed by atoms with E-state index in [1.54, 1.807) is 0 Å². The molecule has 0 bridgehead atoms. The van der Waals surface area contributed by atoms with Crippen molar-refractivity contribution >= 4 is 5.91 Å². The molecule has 128 valence electrons. The van der Waals surface area contributed by atoms with Gasteiger partial charge in [-0.3, -0.25) is 4.79 Å². The Hall–Kier alpha value is -1.35. The summed E-state index contributed by atoms with van der Waals surface area (Å²) in [5, 5.41) is 6.46. The van der Waals surface area contributed by atoms with Gasteiger partial charge >= 0.3 is 0 Å². The molecule has 0 aliphatic carbocycles. The van der Waals surface area contributed by atoms with Crippen molar-refractivity contribution in [2.75, 3.05) is 13.1 Å². The van der Waals surface area contributed by atoms with Crippen LogP contribution in [0.25, 0.3) is 0 Å². The lowest BCUT2D eigenvalue weighted by Gasteiger charge is -2.27. The van der Waals surface area contributed by atoms with Crippen LogP contribution < -0.4 is 10.6 Å². The second-order valence-corrected chi connectivity index (χ2v) is 7.99. The van der Waals surface area contributed by atoms with Crippen molar-refractivity contribution in [2.45, 2.75) is 58.9 Å². The van der Waals surface area contributed by atoms with Gasteiger partial charge in [0.1, 0.15) is 0 Å².